The molecule has 1 saturated heterocycles. The molecule has 0 bridgehead atoms. The number of nitrogens with zero attached hydrogens (tertiary/aromatic N) is 3. The van der Waals surface area contributed by atoms with E-state index in [4.69, 9.17) is 4.74 Å². The highest BCUT2D eigenvalue weighted by molar-refractivity contribution is 14.0. The molecular formula is C17H27IN4O. The van der Waals surface area contributed by atoms with Crippen LogP contribution in [0.4, 0.5) is 0 Å². The molecule has 1 aromatic rings. The molecular weight excluding hydrogens is 403 g/mol. The van der Waals surface area contributed by atoms with Gasteiger partial charge in [0.05, 0.1) is 6.61 Å². The Hall–Kier alpha value is -1.05. The Morgan fingerprint density at radius 3 is 2.87 bits per heavy atom. The molecule has 5 nitrogen and oxygen atoms in total. The normalized spacial score (nSPS) is 19.2. The summed E-state index contributed by atoms with van der Waals surface area (Å²) < 4.78 is 5.58. The molecule has 1 spiro atoms. The van der Waals surface area contributed by atoms with E-state index in [1.807, 2.05) is 20.0 Å². The lowest BCUT2D eigenvalue weighted by Crippen LogP contribution is -2.42. The molecule has 6 heteroatoms. The third kappa shape index (κ3) is 4.08. The topological polar surface area (TPSA) is 49.8 Å². The highest BCUT2D eigenvalue weighted by atomic mass is 127. The van der Waals surface area contributed by atoms with Crippen LogP contribution >= 0.6 is 24.0 Å². The fourth-order valence-corrected chi connectivity index (χ4v) is 3.53. The molecule has 0 aromatic carbocycles. The summed E-state index contributed by atoms with van der Waals surface area (Å²) in [6.07, 6.45) is 7.25. The zero-order valence-electron chi connectivity index (χ0n) is 14.0. The summed E-state index contributed by atoms with van der Waals surface area (Å²) in [5.41, 5.74) is 1.66. The van der Waals surface area contributed by atoms with Gasteiger partial charge in [0.2, 0.25) is 5.88 Å². The molecule has 0 amide bonds. The van der Waals surface area contributed by atoms with Gasteiger partial charge in [0.25, 0.3) is 0 Å². The highest BCUT2D eigenvalue weighted by Gasteiger charge is 2.43. The van der Waals surface area contributed by atoms with E-state index in [-0.39, 0.29) is 24.0 Å². The van der Waals surface area contributed by atoms with Gasteiger partial charge in [-0.1, -0.05) is 12.5 Å². The number of hydrogen-bond donors (Lipinski definition) is 1. The van der Waals surface area contributed by atoms with Gasteiger partial charge < -0.3 is 15.0 Å². The fourth-order valence-electron chi connectivity index (χ4n) is 3.53. The molecule has 1 aliphatic heterocycles. The lowest BCUT2D eigenvalue weighted by atomic mass is 9.68. The van der Waals surface area contributed by atoms with Gasteiger partial charge in [0, 0.05) is 38.4 Å². The molecule has 1 saturated carbocycles. The molecule has 23 heavy (non-hydrogen) atoms. The second-order valence-electron chi connectivity index (χ2n) is 6.33. The minimum absolute atomic E-state index is 0. The Balaban J connectivity index is 0.00000192. The first-order chi connectivity index (χ1) is 10.8. The largest absolute Gasteiger partial charge is 0.478 e. The van der Waals surface area contributed by atoms with Crippen molar-refractivity contribution in [3.8, 4) is 5.88 Å². The van der Waals surface area contributed by atoms with Crippen molar-refractivity contribution in [3.05, 3.63) is 23.9 Å². The average Bonchev–Trinajstić information content (AvgIpc) is 2.95. The van der Waals surface area contributed by atoms with Crippen molar-refractivity contribution < 1.29 is 4.74 Å². The molecule has 3 rings (SSSR count). The molecule has 1 aromatic heterocycles. The second-order valence-corrected chi connectivity index (χ2v) is 6.33. The standard InChI is InChI=1S/C17H26N4O.HI/c1-3-22-15-14(6-4-10-19-15)12-20-16(18-2)21-11-9-17(13-21)7-5-8-17;/h4,6,10H,3,5,7-9,11-13H2,1-2H3,(H,18,20);1H. The van der Waals surface area contributed by atoms with Crippen LogP contribution < -0.4 is 10.1 Å². The van der Waals surface area contributed by atoms with Crippen LogP contribution in [-0.2, 0) is 6.54 Å². The van der Waals surface area contributed by atoms with Crippen molar-refractivity contribution in [1.82, 2.24) is 15.2 Å². The van der Waals surface area contributed by atoms with E-state index in [9.17, 15) is 0 Å². The van der Waals surface area contributed by atoms with Crippen LogP contribution in [0.25, 0.3) is 0 Å². The van der Waals surface area contributed by atoms with Crippen molar-refractivity contribution in [2.75, 3.05) is 26.7 Å². The number of rotatable bonds is 4. The maximum absolute atomic E-state index is 5.58. The van der Waals surface area contributed by atoms with E-state index in [0.717, 1.165) is 24.6 Å². The molecule has 2 fully saturated rings. The Labute approximate surface area is 155 Å². The number of pyridine rings is 1. The lowest BCUT2D eigenvalue weighted by Gasteiger charge is -2.38. The van der Waals surface area contributed by atoms with E-state index in [0.29, 0.717) is 24.4 Å². The predicted octanol–water partition coefficient (Wildman–Crippen LogP) is 3.05. The van der Waals surface area contributed by atoms with E-state index < -0.39 is 0 Å². The lowest BCUT2D eigenvalue weighted by molar-refractivity contribution is 0.151. The SMILES string of the molecule is CCOc1ncccc1CNC(=NC)N1CCC2(CCC2)C1.I. The number of aliphatic imine (C=N–C) groups is 1. The number of halogens is 1. The van der Waals surface area contributed by atoms with Gasteiger partial charge in [-0.3, -0.25) is 4.99 Å². The van der Waals surface area contributed by atoms with Gasteiger partial charge in [-0.25, -0.2) is 4.98 Å². The summed E-state index contributed by atoms with van der Waals surface area (Å²) in [4.78, 5) is 11.2. The molecule has 128 valence electrons. The minimum Gasteiger partial charge on any atom is -0.478 e. The summed E-state index contributed by atoms with van der Waals surface area (Å²) in [6.45, 7) is 5.57. The molecule has 1 N–H and O–H groups in total. The first-order valence-corrected chi connectivity index (χ1v) is 8.29. The maximum Gasteiger partial charge on any atom is 0.218 e. The zero-order chi connectivity index (χ0) is 15.4. The number of likely N-dealkylation sites (tertiary alicyclic amines) is 1. The summed E-state index contributed by atoms with van der Waals surface area (Å²) in [5, 5.41) is 3.47. The smallest absolute Gasteiger partial charge is 0.218 e. The van der Waals surface area contributed by atoms with Gasteiger partial charge >= 0.3 is 0 Å². The maximum atomic E-state index is 5.58. The van der Waals surface area contributed by atoms with Crippen molar-refractivity contribution in [3.63, 3.8) is 0 Å². The first-order valence-electron chi connectivity index (χ1n) is 8.29. The quantitative estimate of drug-likeness (QED) is 0.453. The number of hydrogen-bond acceptors (Lipinski definition) is 3. The van der Waals surface area contributed by atoms with Crippen molar-refractivity contribution in [1.29, 1.82) is 0 Å². The number of nitrogens with one attached hydrogen (secondary N) is 1. The van der Waals surface area contributed by atoms with Gasteiger partial charge in [-0.15, -0.1) is 24.0 Å². The Morgan fingerprint density at radius 1 is 1.43 bits per heavy atom. The fraction of sp³-hybridized carbons (Fsp3) is 0.647. The van der Waals surface area contributed by atoms with E-state index in [1.165, 1.54) is 25.7 Å². The monoisotopic (exact) mass is 430 g/mol. The Kier molecular flexibility index (Phi) is 6.50. The van der Waals surface area contributed by atoms with Crippen LogP contribution in [0.15, 0.2) is 23.3 Å². The van der Waals surface area contributed by atoms with Crippen LogP contribution in [0, 0.1) is 5.41 Å². The van der Waals surface area contributed by atoms with Gasteiger partial charge in [0.15, 0.2) is 5.96 Å². The van der Waals surface area contributed by atoms with Crippen LogP contribution in [-0.4, -0.2) is 42.6 Å². The predicted molar refractivity (Wildman–Crippen MR) is 103 cm³/mol. The third-order valence-electron chi connectivity index (χ3n) is 4.93. The van der Waals surface area contributed by atoms with E-state index in [2.05, 4.69) is 26.3 Å². The van der Waals surface area contributed by atoms with Crippen LogP contribution in [0.1, 0.15) is 38.2 Å². The van der Waals surface area contributed by atoms with Crippen molar-refractivity contribution in [2.45, 2.75) is 39.2 Å². The summed E-state index contributed by atoms with van der Waals surface area (Å²) in [5.74, 6) is 1.71. The van der Waals surface area contributed by atoms with Gasteiger partial charge in [-0.05, 0) is 37.7 Å². The average molecular weight is 430 g/mol. The molecule has 0 atom stereocenters. The number of guanidine groups is 1. The second kappa shape index (κ2) is 8.17. The third-order valence-corrected chi connectivity index (χ3v) is 4.93. The van der Waals surface area contributed by atoms with Crippen LogP contribution in [0.3, 0.4) is 0 Å². The summed E-state index contributed by atoms with van der Waals surface area (Å²) in [6, 6.07) is 4.00. The minimum atomic E-state index is 0. The van der Waals surface area contributed by atoms with Crippen molar-refractivity contribution in [2.24, 2.45) is 10.4 Å². The molecule has 2 aliphatic rings. The molecule has 0 unspecified atom stereocenters. The Morgan fingerprint density at radius 2 is 2.26 bits per heavy atom. The molecule has 1 aliphatic carbocycles. The molecule has 2 heterocycles. The van der Waals surface area contributed by atoms with E-state index >= 15 is 0 Å². The van der Waals surface area contributed by atoms with Crippen LogP contribution in [0.2, 0.25) is 0 Å². The van der Waals surface area contributed by atoms with E-state index in [1.54, 1.807) is 6.20 Å². The highest BCUT2D eigenvalue weighted by Crippen LogP contribution is 2.47. The van der Waals surface area contributed by atoms with Gasteiger partial charge in [0.1, 0.15) is 0 Å². The number of aromatic nitrogens is 1. The first kappa shape index (κ1) is 18.3. The summed E-state index contributed by atoms with van der Waals surface area (Å²) in [7, 11) is 1.86. The summed E-state index contributed by atoms with van der Waals surface area (Å²) >= 11 is 0. The molecule has 0 radical (unpaired) electrons. The zero-order valence-corrected chi connectivity index (χ0v) is 16.4. The van der Waals surface area contributed by atoms with Crippen LogP contribution in [0.5, 0.6) is 5.88 Å². The number of ether oxygens (including phenoxy) is 1. The van der Waals surface area contributed by atoms with Gasteiger partial charge in [-0.2, -0.15) is 0 Å². The Bertz CT molecular complexity index is 545. The van der Waals surface area contributed by atoms with Crippen molar-refractivity contribution >= 4 is 29.9 Å².